The number of carbonyl (C=O) groups is 1. The first-order chi connectivity index (χ1) is 12.1. The molecule has 1 fully saturated rings. The number of nitrogens with one attached hydrogen (secondary N) is 1. The van der Waals surface area contributed by atoms with Gasteiger partial charge in [0.25, 0.3) is 0 Å². The van der Waals surface area contributed by atoms with Crippen molar-refractivity contribution >= 4 is 17.2 Å². The van der Waals surface area contributed by atoms with Gasteiger partial charge in [-0.1, -0.05) is 30.3 Å². The third kappa shape index (κ3) is 5.14. The number of piperazine rings is 1. The van der Waals surface area contributed by atoms with Crippen LogP contribution in [0.15, 0.2) is 41.8 Å². The maximum Gasteiger partial charge on any atom is 0.234 e. The lowest BCUT2D eigenvalue weighted by Crippen LogP contribution is -2.49. The number of rotatable bonds is 6. The minimum absolute atomic E-state index is 0.0924. The van der Waals surface area contributed by atoms with Crippen molar-refractivity contribution in [3.05, 3.63) is 57.8 Å². The van der Waals surface area contributed by atoms with E-state index in [0.29, 0.717) is 6.54 Å². The Bertz CT molecular complexity index is 678. The maximum atomic E-state index is 12.3. The number of nitrogens with zero attached hydrogens (tertiary/aromatic N) is 2. The summed E-state index contributed by atoms with van der Waals surface area (Å²) in [5, 5.41) is 5.15. The Morgan fingerprint density at radius 1 is 1.12 bits per heavy atom. The molecule has 1 aromatic heterocycles. The van der Waals surface area contributed by atoms with E-state index in [1.165, 1.54) is 16.0 Å². The standard InChI is InChI=1S/C20H27N3OS/c1-16-6-3-4-7-18(16)14-22-9-11-23(12-10-22)15-20(24)21-17(2)19-8-5-13-25-19/h3-8,13,17H,9-12,14-15H2,1-2H3,(H,21,24)/t17-/m1/s1. The van der Waals surface area contributed by atoms with Crippen molar-refractivity contribution in [2.24, 2.45) is 0 Å². The number of hydrogen-bond donors (Lipinski definition) is 1. The first kappa shape index (κ1) is 18.1. The number of hydrogen-bond acceptors (Lipinski definition) is 4. The molecule has 1 N–H and O–H groups in total. The quantitative estimate of drug-likeness (QED) is 0.863. The summed E-state index contributed by atoms with van der Waals surface area (Å²) < 4.78 is 0. The summed E-state index contributed by atoms with van der Waals surface area (Å²) in [6, 6.07) is 12.8. The van der Waals surface area contributed by atoms with Crippen LogP contribution in [0.4, 0.5) is 0 Å². The van der Waals surface area contributed by atoms with Crippen LogP contribution in [0.2, 0.25) is 0 Å². The highest BCUT2D eigenvalue weighted by Gasteiger charge is 2.20. The Kier molecular flexibility index (Phi) is 6.24. The van der Waals surface area contributed by atoms with Crippen molar-refractivity contribution in [1.29, 1.82) is 0 Å². The molecule has 1 aliphatic heterocycles. The molecule has 0 aliphatic carbocycles. The van der Waals surface area contributed by atoms with E-state index in [1.807, 2.05) is 18.4 Å². The lowest BCUT2D eigenvalue weighted by atomic mass is 10.1. The highest BCUT2D eigenvalue weighted by atomic mass is 32.1. The van der Waals surface area contributed by atoms with Gasteiger partial charge in [0.1, 0.15) is 0 Å². The Morgan fingerprint density at radius 3 is 2.52 bits per heavy atom. The van der Waals surface area contributed by atoms with E-state index in [2.05, 4.69) is 52.4 Å². The molecule has 3 rings (SSSR count). The zero-order valence-corrected chi connectivity index (χ0v) is 15.9. The predicted octanol–water partition coefficient (Wildman–Crippen LogP) is 3.05. The number of thiophene rings is 1. The molecule has 1 aliphatic rings. The predicted molar refractivity (Wildman–Crippen MR) is 104 cm³/mol. The molecular weight excluding hydrogens is 330 g/mol. The fourth-order valence-corrected chi connectivity index (χ4v) is 3.97. The van der Waals surface area contributed by atoms with Gasteiger partial charge in [-0.3, -0.25) is 14.6 Å². The molecule has 0 saturated carbocycles. The number of amides is 1. The molecule has 1 amide bonds. The minimum Gasteiger partial charge on any atom is -0.348 e. The SMILES string of the molecule is Cc1ccccc1CN1CCN(CC(=O)N[C@H](C)c2cccs2)CC1. The lowest BCUT2D eigenvalue weighted by Gasteiger charge is -2.34. The molecule has 0 radical (unpaired) electrons. The summed E-state index contributed by atoms with van der Waals surface area (Å²) >= 11 is 1.69. The van der Waals surface area contributed by atoms with E-state index < -0.39 is 0 Å². The molecule has 4 nitrogen and oxygen atoms in total. The summed E-state index contributed by atoms with van der Waals surface area (Å²) in [5.41, 5.74) is 2.75. The second-order valence-corrected chi connectivity index (χ2v) is 7.76. The Hall–Kier alpha value is -1.69. The topological polar surface area (TPSA) is 35.6 Å². The van der Waals surface area contributed by atoms with Crippen molar-refractivity contribution in [1.82, 2.24) is 15.1 Å². The van der Waals surface area contributed by atoms with Crippen LogP contribution in [-0.4, -0.2) is 48.4 Å². The van der Waals surface area contributed by atoms with Gasteiger partial charge in [-0.25, -0.2) is 0 Å². The zero-order valence-electron chi connectivity index (χ0n) is 15.1. The monoisotopic (exact) mass is 357 g/mol. The highest BCUT2D eigenvalue weighted by molar-refractivity contribution is 7.10. The molecule has 5 heteroatoms. The molecule has 1 atom stereocenters. The van der Waals surface area contributed by atoms with Crippen LogP contribution in [-0.2, 0) is 11.3 Å². The van der Waals surface area contributed by atoms with E-state index in [-0.39, 0.29) is 11.9 Å². The molecule has 0 bridgehead atoms. The fraction of sp³-hybridized carbons (Fsp3) is 0.450. The summed E-state index contributed by atoms with van der Waals surface area (Å²) in [5.74, 6) is 0.119. The van der Waals surface area contributed by atoms with Crippen LogP contribution < -0.4 is 5.32 Å². The molecule has 2 aromatic rings. The summed E-state index contributed by atoms with van der Waals surface area (Å²) in [7, 11) is 0. The molecular formula is C20H27N3OS. The van der Waals surface area contributed by atoms with Gasteiger partial charge < -0.3 is 5.32 Å². The van der Waals surface area contributed by atoms with Crippen LogP contribution in [0.25, 0.3) is 0 Å². The first-order valence-electron chi connectivity index (χ1n) is 8.94. The Morgan fingerprint density at radius 2 is 1.84 bits per heavy atom. The van der Waals surface area contributed by atoms with Crippen molar-refractivity contribution in [2.75, 3.05) is 32.7 Å². The van der Waals surface area contributed by atoms with Gasteiger partial charge in [-0.05, 0) is 36.4 Å². The van der Waals surface area contributed by atoms with E-state index in [9.17, 15) is 4.79 Å². The van der Waals surface area contributed by atoms with Crippen molar-refractivity contribution in [3.63, 3.8) is 0 Å². The maximum absolute atomic E-state index is 12.3. The number of benzene rings is 1. The van der Waals surface area contributed by atoms with Crippen molar-refractivity contribution in [2.45, 2.75) is 26.4 Å². The van der Waals surface area contributed by atoms with Gasteiger partial charge in [-0.15, -0.1) is 11.3 Å². The van der Waals surface area contributed by atoms with Gasteiger partial charge in [-0.2, -0.15) is 0 Å². The average molecular weight is 358 g/mol. The van der Waals surface area contributed by atoms with Gasteiger partial charge >= 0.3 is 0 Å². The van der Waals surface area contributed by atoms with E-state index in [4.69, 9.17) is 0 Å². The summed E-state index contributed by atoms with van der Waals surface area (Å²) in [6.45, 7) is 9.65. The number of carbonyl (C=O) groups excluding carboxylic acids is 1. The largest absolute Gasteiger partial charge is 0.348 e. The smallest absolute Gasteiger partial charge is 0.234 e. The molecule has 25 heavy (non-hydrogen) atoms. The van der Waals surface area contributed by atoms with Crippen LogP contribution in [0.5, 0.6) is 0 Å². The summed E-state index contributed by atoms with van der Waals surface area (Å²) in [6.07, 6.45) is 0. The van der Waals surface area contributed by atoms with E-state index in [0.717, 1.165) is 32.7 Å². The van der Waals surface area contributed by atoms with E-state index >= 15 is 0 Å². The number of aryl methyl sites for hydroxylation is 1. The normalized spacial score (nSPS) is 17.4. The molecule has 2 heterocycles. The average Bonchev–Trinajstić information content (AvgIpc) is 3.13. The van der Waals surface area contributed by atoms with Crippen molar-refractivity contribution < 1.29 is 4.79 Å². The first-order valence-corrected chi connectivity index (χ1v) is 9.82. The zero-order chi connectivity index (χ0) is 17.6. The summed E-state index contributed by atoms with van der Waals surface area (Å²) in [4.78, 5) is 18.2. The second-order valence-electron chi connectivity index (χ2n) is 6.78. The van der Waals surface area contributed by atoms with Crippen LogP contribution in [0.1, 0.15) is 29.0 Å². The van der Waals surface area contributed by atoms with Gasteiger partial charge in [0.05, 0.1) is 12.6 Å². The minimum atomic E-state index is 0.0924. The molecule has 1 saturated heterocycles. The third-order valence-electron chi connectivity index (χ3n) is 4.83. The highest BCUT2D eigenvalue weighted by Crippen LogP contribution is 2.18. The third-order valence-corrected chi connectivity index (χ3v) is 5.89. The second kappa shape index (κ2) is 8.61. The molecule has 134 valence electrons. The van der Waals surface area contributed by atoms with Crippen LogP contribution in [0, 0.1) is 6.92 Å². The van der Waals surface area contributed by atoms with E-state index in [1.54, 1.807) is 11.3 Å². The molecule has 1 aromatic carbocycles. The molecule has 0 unspecified atom stereocenters. The molecule has 0 spiro atoms. The fourth-order valence-electron chi connectivity index (χ4n) is 3.23. The van der Waals surface area contributed by atoms with Gasteiger partial charge in [0.15, 0.2) is 0 Å². The lowest BCUT2D eigenvalue weighted by molar-refractivity contribution is -0.123. The van der Waals surface area contributed by atoms with Gasteiger partial charge in [0.2, 0.25) is 5.91 Å². The van der Waals surface area contributed by atoms with Crippen molar-refractivity contribution in [3.8, 4) is 0 Å². The van der Waals surface area contributed by atoms with Crippen LogP contribution in [0.3, 0.4) is 0 Å². The van der Waals surface area contributed by atoms with Crippen LogP contribution >= 0.6 is 11.3 Å². The Balaban J connectivity index is 1.41. The van der Waals surface area contributed by atoms with Gasteiger partial charge in [0, 0.05) is 37.6 Å². The Labute approximate surface area is 154 Å².